The van der Waals surface area contributed by atoms with E-state index in [2.05, 4.69) is 10.4 Å². The number of hydrogen-bond acceptors (Lipinski definition) is 3. The highest BCUT2D eigenvalue weighted by atomic mass is 35.5. The average molecular weight is 264 g/mol. The molecule has 0 bridgehead atoms. The van der Waals surface area contributed by atoms with Gasteiger partial charge in [-0.3, -0.25) is 4.79 Å². The molecule has 0 radical (unpaired) electrons. The molecule has 18 heavy (non-hydrogen) atoms. The number of nitrogens with zero attached hydrogens (tertiary/aromatic N) is 2. The first-order valence-corrected chi connectivity index (χ1v) is 6.00. The van der Waals surface area contributed by atoms with E-state index in [0.717, 1.165) is 5.56 Å². The topological polar surface area (TPSA) is 46.9 Å². The smallest absolute Gasteiger partial charge is 0.287 e. The first-order chi connectivity index (χ1) is 8.59. The Morgan fingerprint density at radius 2 is 2.00 bits per heavy atom. The Kier molecular flexibility index (Phi) is 3.67. The summed E-state index contributed by atoms with van der Waals surface area (Å²) >= 11 is 5.99. The van der Waals surface area contributed by atoms with Gasteiger partial charge >= 0.3 is 0 Å². The number of anilines is 1. The summed E-state index contributed by atoms with van der Waals surface area (Å²) in [6.45, 7) is 2.00. The highest BCUT2D eigenvalue weighted by Crippen LogP contribution is 2.22. The summed E-state index contributed by atoms with van der Waals surface area (Å²) in [6, 6.07) is 9.98. The fraction of sp³-hybridized carbons (Fsp3) is 0.231. The zero-order chi connectivity index (χ0) is 13.1. The maximum Gasteiger partial charge on any atom is 0.287 e. The molecule has 0 amide bonds. The monoisotopic (exact) mass is 263 g/mol. The first kappa shape index (κ1) is 12.6. The van der Waals surface area contributed by atoms with Crippen LogP contribution in [0.2, 0.25) is 5.02 Å². The predicted molar refractivity (Wildman–Crippen MR) is 73.0 cm³/mol. The minimum Gasteiger partial charge on any atom is -0.376 e. The Morgan fingerprint density at radius 3 is 2.67 bits per heavy atom. The Morgan fingerprint density at radius 1 is 1.33 bits per heavy atom. The molecule has 1 unspecified atom stereocenters. The Balaban J connectivity index is 2.25. The van der Waals surface area contributed by atoms with E-state index < -0.39 is 0 Å². The zero-order valence-electron chi connectivity index (χ0n) is 10.2. The molecule has 0 aliphatic heterocycles. The highest BCUT2D eigenvalue weighted by Gasteiger charge is 2.10. The second-order valence-corrected chi connectivity index (χ2v) is 4.46. The normalized spacial score (nSPS) is 12.2. The van der Waals surface area contributed by atoms with Crippen molar-refractivity contribution in [3.05, 3.63) is 57.5 Å². The molecule has 94 valence electrons. The van der Waals surface area contributed by atoms with Crippen LogP contribution in [0.3, 0.4) is 0 Å². The molecule has 4 nitrogen and oxygen atoms in total. The molecule has 0 aliphatic rings. The minimum absolute atomic E-state index is 0.0533. The lowest BCUT2D eigenvalue weighted by Crippen LogP contribution is -2.21. The van der Waals surface area contributed by atoms with Crippen LogP contribution in [-0.2, 0) is 7.05 Å². The van der Waals surface area contributed by atoms with E-state index in [1.807, 2.05) is 37.3 Å². The molecule has 0 fully saturated rings. The van der Waals surface area contributed by atoms with E-state index in [4.69, 9.17) is 11.6 Å². The number of rotatable bonds is 3. The van der Waals surface area contributed by atoms with Crippen molar-refractivity contribution in [3.63, 3.8) is 0 Å². The van der Waals surface area contributed by atoms with Gasteiger partial charge in [0, 0.05) is 13.1 Å². The van der Waals surface area contributed by atoms with Crippen molar-refractivity contribution < 1.29 is 0 Å². The fourth-order valence-electron chi connectivity index (χ4n) is 1.67. The SMILES string of the molecule is CC(Nc1cnn(C)c(=O)c1Cl)c1ccccc1. The number of aromatic nitrogens is 2. The molecular weight excluding hydrogens is 250 g/mol. The van der Waals surface area contributed by atoms with Crippen molar-refractivity contribution >= 4 is 17.3 Å². The Labute approximate surface area is 110 Å². The van der Waals surface area contributed by atoms with E-state index in [0.29, 0.717) is 5.69 Å². The number of hydrogen-bond donors (Lipinski definition) is 1. The van der Waals surface area contributed by atoms with Crippen LogP contribution in [0, 0.1) is 0 Å². The molecule has 0 saturated heterocycles. The van der Waals surface area contributed by atoms with Crippen LogP contribution in [0.1, 0.15) is 18.5 Å². The molecule has 0 aliphatic carbocycles. The fourth-order valence-corrected chi connectivity index (χ4v) is 1.90. The first-order valence-electron chi connectivity index (χ1n) is 5.63. The predicted octanol–water partition coefficient (Wildman–Crippen LogP) is 2.61. The van der Waals surface area contributed by atoms with Gasteiger partial charge in [-0.15, -0.1) is 0 Å². The van der Waals surface area contributed by atoms with Crippen molar-refractivity contribution in [2.75, 3.05) is 5.32 Å². The van der Waals surface area contributed by atoms with Gasteiger partial charge in [-0.05, 0) is 12.5 Å². The van der Waals surface area contributed by atoms with Crippen molar-refractivity contribution in [1.82, 2.24) is 9.78 Å². The van der Waals surface area contributed by atoms with E-state index in [1.165, 1.54) is 4.68 Å². The van der Waals surface area contributed by atoms with Gasteiger partial charge in [-0.2, -0.15) is 5.10 Å². The molecule has 1 N–H and O–H groups in total. The van der Waals surface area contributed by atoms with Crippen LogP contribution in [-0.4, -0.2) is 9.78 Å². The summed E-state index contributed by atoms with van der Waals surface area (Å²) in [5.74, 6) is 0. The molecule has 2 aromatic rings. The quantitative estimate of drug-likeness (QED) is 0.926. The van der Waals surface area contributed by atoms with Crippen molar-refractivity contribution in [2.45, 2.75) is 13.0 Å². The van der Waals surface area contributed by atoms with Crippen LogP contribution < -0.4 is 10.9 Å². The van der Waals surface area contributed by atoms with Crippen LogP contribution >= 0.6 is 11.6 Å². The van der Waals surface area contributed by atoms with E-state index in [9.17, 15) is 4.79 Å². The van der Waals surface area contributed by atoms with Gasteiger partial charge in [0.25, 0.3) is 5.56 Å². The number of aryl methyl sites for hydroxylation is 1. The van der Waals surface area contributed by atoms with E-state index in [-0.39, 0.29) is 16.6 Å². The van der Waals surface area contributed by atoms with Crippen LogP contribution in [0.25, 0.3) is 0 Å². The van der Waals surface area contributed by atoms with Crippen LogP contribution in [0.4, 0.5) is 5.69 Å². The highest BCUT2D eigenvalue weighted by molar-refractivity contribution is 6.32. The second-order valence-electron chi connectivity index (χ2n) is 4.08. The second kappa shape index (κ2) is 5.23. The molecular formula is C13H14ClN3O. The van der Waals surface area contributed by atoms with Crippen molar-refractivity contribution in [1.29, 1.82) is 0 Å². The third kappa shape index (κ3) is 2.54. The Hall–Kier alpha value is -1.81. The summed E-state index contributed by atoms with van der Waals surface area (Å²) in [7, 11) is 1.57. The zero-order valence-corrected chi connectivity index (χ0v) is 11.0. The number of nitrogens with one attached hydrogen (secondary N) is 1. The number of benzene rings is 1. The summed E-state index contributed by atoms with van der Waals surface area (Å²) < 4.78 is 1.21. The van der Waals surface area contributed by atoms with Gasteiger partial charge in [-0.1, -0.05) is 41.9 Å². The molecule has 1 heterocycles. The summed E-state index contributed by atoms with van der Waals surface area (Å²) in [6.07, 6.45) is 1.56. The standard InChI is InChI=1S/C13H14ClN3O/c1-9(10-6-4-3-5-7-10)16-11-8-15-17(2)13(18)12(11)14/h3-9,16H,1-2H3. The van der Waals surface area contributed by atoms with E-state index in [1.54, 1.807) is 13.2 Å². The molecule has 5 heteroatoms. The average Bonchev–Trinajstić information content (AvgIpc) is 2.40. The summed E-state index contributed by atoms with van der Waals surface area (Å²) in [5, 5.41) is 7.29. The van der Waals surface area contributed by atoms with Gasteiger partial charge in [0.15, 0.2) is 0 Å². The molecule has 0 saturated carbocycles. The third-order valence-corrected chi connectivity index (χ3v) is 3.12. The van der Waals surface area contributed by atoms with Gasteiger partial charge in [0.1, 0.15) is 5.02 Å². The Bertz CT molecular complexity index is 595. The largest absolute Gasteiger partial charge is 0.376 e. The maximum absolute atomic E-state index is 11.6. The van der Waals surface area contributed by atoms with Crippen LogP contribution in [0.15, 0.2) is 41.3 Å². The molecule has 1 atom stereocenters. The lowest BCUT2D eigenvalue weighted by atomic mass is 10.1. The lowest BCUT2D eigenvalue weighted by Gasteiger charge is -2.16. The van der Waals surface area contributed by atoms with Gasteiger partial charge in [0.05, 0.1) is 11.9 Å². The maximum atomic E-state index is 11.6. The van der Waals surface area contributed by atoms with E-state index >= 15 is 0 Å². The minimum atomic E-state index is -0.304. The lowest BCUT2D eigenvalue weighted by molar-refractivity contribution is 0.706. The van der Waals surface area contributed by atoms with Gasteiger partial charge in [0.2, 0.25) is 0 Å². The molecule has 0 spiro atoms. The van der Waals surface area contributed by atoms with Crippen molar-refractivity contribution in [2.24, 2.45) is 7.05 Å². The number of halogens is 1. The molecule has 1 aromatic carbocycles. The van der Waals surface area contributed by atoms with Gasteiger partial charge < -0.3 is 5.32 Å². The third-order valence-electron chi connectivity index (χ3n) is 2.75. The molecule has 1 aromatic heterocycles. The van der Waals surface area contributed by atoms with Crippen molar-refractivity contribution in [3.8, 4) is 0 Å². The molecule has 2 rings (SSSR count). The summed E-state index contributed by atoms with van der Waals surface area (Å²) in [4.78, 5) is 11.6. The summed E-state index contributed by atoms with van der Waals surface area (Å²) in [5.41, 5.74) is 1.37. The van der Waals surface area contributed by atoms with Crippen LogP contribution in [0.5, 0.6) is 0 Å². The van der Waals surface area contributed by atoms with Gasteiger partial charge in [-0.25, -0.2) is 4.68 Å².